The molecule has 0 spiro atoms. The van der Waals surface area contributed by atoms with E-state index < -0.39 is 46.1 Å². The van der Waals surface area contributed by atoms with Gasteiger partial charge in [0.25, 0.3) is 0 Å². The summed E-state index contributed by atoms with van der Waals surface area (Å²) in [5.74, 6) is -3.52. The van der Waals surface area contributed by atoms with Crippen molar-refractivity contribution in [3.63, 3.8) is 0 Å². The van der Waals surface area contributed by atoms with Gasteiger partial charge in [0, 0.05) is 5.56 Å². The van der Waals surface area contributed by atoms with Crippen LogP contribution in [0.15, 0.2) is 53.4 Å². The molecule has 0 bridgehead atoms. The van der Waals surface area contributed by atoms with Gasteiger partial charge >= 0.3 is 5.97 Å². The van der Waals surface area contributed by atoms with Gasteiger partial charge in [-0.25, -0.2) is 17.2 Å². The van der Waals surface area contributed by atoms with Crippen LogP contribution in [-0.2, 0) is 19.6 Å². The lowest BCUT2D eigenvalue weighted by Crippen LogP contribution is -2.42. The Morgan fingerprint density at radius 3 is 2.41 bits per heavy atom. The maximum absolute atomic E-state index is 13.2. The second-order valence-corrected chi connectivity index (χ2v) is 8.63. The van der Waals surface area contributed by atoms with Crippen LogP contribution in [0, 0.1) is 11.6 Å². The van der Waals surface area contributed by atoms with Crippen LogP contribution in [0.5, 0.6) is 0 Å². The number of ketones is 1. The van der Waals surface area contributed by atoms with Crippen LogP contribution in [0.25, 0.3) is 0 Å². The molecule has 0 aliphatic rings. The fourth-order valence-electron chi connectivity index (χ4n) is 2.31. The van der Waals surface area contributed by atoms with Gasteiger partial charge in [0.1, 0.15) is 6.04 Å². The zero-order valence-electron chi connectivity index (χ0n) is 15.4. The summed E-state index contributed by atoms with van der Waals surface area (Å²) < 4.78 is 58.4. The highest BCUT2D eigenvalue weighted by Crippen LogP contribution is 2.13. The van der Waals surface area contributed by atoms with Crippen molar-refractivity contribution in [3.8, 4) is 0 Å². The Balaban J connectivity index is 2.06. The Morgan fingerprint density at radius 1 is 1.10 bits per heavy atom. The van der Waals surface area contributed by atoms with E-state index in [9.17, 15) is 26.8 Å². The summed E-state index contributed by atoms with van der Waals surface area (Å²) in [7, 11) is -3.97. The second kappa shape index (κ2) is 10.5. The summed E-state index contributed by atoms with van der Waals surface area (Å²) in [5, 5.41) is 0. The molecular formula is C19H19F2NO5S2. The average molecular weight is 443 g/mol. The molecule has 0 radical (unpaired) electrons. The molecule has 10 heteroatoms. The fourth-order valence-corrected chi connectivity index (χ4v) is 4.02. The Bertz CT molecular complexity index is 968. The van der Waals surface area contributed by atoms with Crippen LogP contribution in [0.4, 0.5) is 8.78 Å². The number of benzene rings is 2. The monoisotopic (exact) mass is 443 g/mol. The third kappa shape index (κ3) is 6.62. The Labute approximate surface area is 171 Å². The number of halogens is 2. The minimum absolute atomic E-state index is 0.0141. The van der Waals surface area contributed by atoms with E-state index >= 15 is 0 Å². The first kappa shape index (κ1) is 23.0. The number of carbonyl (C=O) groups is 2. The molecule has 0 saturated heterocycles. The van der Waals surface area contributed by atoms with Gasteiger partial charge in [0.05, 0.1) is 4.90 Å². The number of thioether (sulfide) groups is 1. The molecule has 2 rings (SSSR count). The topological polar surface area (TPSA) is 89.5 Å². The highest BCUT2D eigenvalue weighted by molar-refractivity contribution is 7.98. The van der Waals surface area contributed by atoms with Gasteiger partial charge in [-0.05, 0) is 48.8 Å². The molecule has 0 aromatic heterocycles. The first-order valence-electron chi connectivity index (χ1n) is 8.46. The third-order valence-electron chi connectivity index (χ3n) is 3.83. The van der Waals surface area contributed by atoms with E-state index in [-0.39, 0.29) is 16.9 Å². The Hall–Kier alpha value is -2.30. The lowest BCUT2D eigenvalue weighted by atomic mass is 10.1. The number of hydrogen-bond donors (Lipinski definition) is 1. The first-order valence-corrected chi connectivity index (χ1v) is 11.3. The molecule has 0 heterocycles. The lowest BCUT2D eigenvalue weighted by molar-refractivity contribution is -0.144. The predicted molar refractivity (Wildman–Crippen MR) is 105 cm³/mol. The maximum atomic E-state index is 13.2. The van der Waals surface area contributed by atoms with Crippen molar-refractivity contribution in [2.75, 3.05) is 18.6 Å². The number of carbonyl (C=O) groups excluding carboxylic acids is 2. The highest BCUT2D eigenvalue weighted by Gasteiger charge is 2.27. The van der Waals surface area contributed by atoms with Gasteiger partial charge in [-0.1, -0.05) is 18.2 Å². The zero-order valence-corrected chi connectivity index (χ0v) is 17.1. The van der Waals surface area contributed by atoms with E-state index in [1.807, 2.05) is 0 Å². The van der Waals surface area contributed by atoms with E-state index in [0.29, 0.717) is 11.8 Å². The Kier molecular flexibility index (Phi) is 8.30. The molecule has 2 aromatic carbocycles. The molecule has 0 aliphatic heterocycles. The van der Waals surface area contributed by atoms with Gasteiger partial charge in [0.15, 0.2) is 24.0 Å². The summed E-state index contributed by atoms with van der Waals surface area (Å²) in [6.45, 7) is -0.729. The summed E-state index contributed by atoms with van der Waals surface area (Å²) in [6.07, 6.45) is 1.94. The molecule has 1 unspecified atom stereocenters. The summed E-state index contributed by atoms with van der Waals surface area (Å²) in [6, 6.07) is 8.87. The van der Waals surface area contributed by atoms with E-state index in [4.69, 9.17) is 4.74 Å². The summed E-state index contributed by atoms with van der Waals surface area (Å²) >= 11 is 1.41. The summed E-state index contributed by atoms with van der Waals surface area (Å²) in [5.41, 5.74) is -0.165. The zero-order chi connectivity index (χ0) is 21.4. The van der Waals surface area contributed by atoms with Crippen molar-refractivity contribution in [3.05, 3.63) is 65.7 Å². The van der Waals surface area contributed by atoms with Crippen molar-refractivity contribution in [1.82, 2.24) is 4.72 Å². The number of hydrogen-bond acceptors (Lipinski definition) is 6. The molecule has 0 saturated carbocycles. The number of sulfonamides is 1. The van der Waals surface area contributed by atoms with Gasteiger partial charge < -0.3 is 4.74 Å². The molecule has 156 valence electrons. The number of ether oxygens (including phenoxy) is 1. The first-order chi connectivity index (χ1) is 13.7. The molecule has 29 heavy (non-hydrogen) atoms. The van der Waals surface area contributed by atoms with Crippen molar-refractivity contribution in [2.24, 2.45) is 0 Å². The van der Waals surface area contributed by atoms with E-state index in [2.05, 4.69) is 4.72 Å². The standard InChI is InChI=1S/C19H19F2NO5S2/c1-28-10-9-17(22-29(25,26)14-5-3-2-4-6-14)19(24)27-12-18(23)13-7-8-15(20)16(21)11-13/h2-8,11,17,22H,9-10,12H2,1H3. The van der Waals surface area contributed by atoms with Crippen LogP contribution < -0.4 is 4.72 Å². The van der Waals surface area contributed by atoms with Crippen LogP contribution in [0.1, 0.15) is 16.8 Å². The van der Waals surface area contributed by atoms with Crippen LogP contribution >= 0.6 is 11.8 Å². The van der Waals surface area contributed by atoms with E-state index in [1.165, 1.54) is 23.9 Å². The van der Waals surface area contributed by atoms with Gasteiger partial charge in [-0.3, -0.25) is 9.59 Å². The molecule has 0 fully saturated rings. The maximum Gasteiger partial charge on any atom is 0.324 e. The highest BCUT2D eigenvalue weighted by atomic mass is 32.2. The minimum Gasteiger partial charge on any atom is -0.456 e. The van der Waals surface area contributed by atoms with Gasteiger partial charge in [-0.15, -0.1) is 0 Å². The van der Waals surface area contributed by atoms with Crippen molar-refractivity contribution >= 4 is 33.5 Å². The van der Waals surface area contributed by atoms with E-state index in [1.54, 1.807) is 24.5 Å². The molecular weight excluding hydrogens is 424 g/mol. The van der Waals surface area contributed by atoms with Crippen LogP contribution in [-0.4, -0.2) is 44.8 Å². The number of esters is 1. The number of nitrogens with one attached hydrogen (secondary N) is 1. The fraction of sp³-hybridized carbons (Fsp3) is 0.263. The number of rotatable bonds is 10. The van der Waals surface area contributed by atoms with Crippen molar-refractivity contribution in [1.29, 1.82) is 0 Å². The SMILES string of the molecule is CSCCC(NS(=O)(=O)c1ccccc1)C(=O)OCC(=O)c1ccc(F)c(F)c1. The van der Waals surface area contributed by atoms with Gasteiger partial charge in [0.2, 0.25) is 10.0 Å². The molecule has 0 aliphatic carbocycles. The van der Waals surface area contributed by atoms with E-state index in [0.717, 1.165) is 12.1 Å². The molecule has 1 N–H and O–H groups in total. The molecule has 2 aromatic rings. The molecule has 1 atom stereocenters. The van der Waals surface area contributed by atoms with Crippen LogP contribution in [0.2, 0.25) is 0 Å². The quantitative estimate of drug-likeness (QED) is 0.449. The predicted octanol–water partition coefficient (Wildman–Crippen LogP) is 2.79. The normalized spacial score (nSPS) is 12.4. The number of Topliss-reactive ketones (excluding diaryl/α,β-unsaturated/α-hetero) is 1. The average Bonchev–Trinajstić information content (AvgIpc) is 2.71. The third-order valence-corrected chi connectivity index (χ3v) is 5.96. The lowest BCUT2D eigenvalue weighted by Gasteiger charge is -2.17. The van der Waals surface area contributed by atoms with Crippen molar-refractivity contribution in [2.45, 2.75) is 17.4 Å². The van der Waals surface area contributed by atoms with Crippen molar-refractivity contribution < 1.29 is 31.5 Å². The smallest absolute Gasteiger partial charge is 0.324 e. The Morgan fingerprint density at radius 2 is 1.79 bits per heavy atom. The van der Waals surface area contributed by atoms with Crippen LogP contribution in [0.3, 0.4) is 0 Å². The summed E-state index contributed by atoms with van der Waals surface area (Å²) in [4.78, 5) is 24.4. The molecule has 0 amide bonds. The molecule has 6 nitrogen and oxygen atoms in total. The largest absolute Gasteiger partial charge is 0.456 e. The van der Waals surface area contributed by atoms with Gasteiger partial charge in [-0.2, -0.15) is 16.5 Å². The minimum atomic E-state index is -3.97. The second-order valence-electron chi connectivity index (χ2n) is 5.93.